The van der Waals surface area contributed by atoms with Crippen molar-refractivity contribution in [3.05, 3.63) is 35.9 Å². The van der Waals surface area contributed by atoms with Crippen LogP contribution in [0.1, 0.15) is 19.8 Å². The monoisotopic (exact) mass is 132 g/mol. The van der Waals surface area contributed by atoms with Crippen LogP contribution >= 0.6 is 0 Å². The van der Waals surface area contributed by atoms with E-state index in [1.807, 2.05) is 24.3 Å². The van der Waals surface area contributed by atoms with E-state index in [1.54, 1.807) is 19.1 Å². The minimum Gasteiger partial charge on any atom is -0.198 e. The fraction of sp³-hybridized carbons (Fsp3) is 0.222. The molecule has 1 aromatic carbocycles. The number of hydrogen-bond acceptors (Lipinski definition) is 1. The maximum atomic E-state index is 8.61. The molecule has 1 atom stereocenters. The van der Waals surface area contributed by atoms with Crippen molar-refractivity contribution in [2.45, 2.75) is 12.8 Å². The van der Waals surface area contributed by atoms with Gasteiger partial charge in [-0.05, 0) is 12.5 Å². The van der Waals surface area contributed by atoms with Crippen LogP contribution in [-0.4, -0.2) is 0 Å². The molecule has 0 radical (unpaired) electrons. The lowest BCUT2D eigenvalue weighted by Gasteiger charge is -1.99. The molecule has 0 amide bonds. The molecule has 1 unspecified atom stereocenters. The Morgan fingerprint density at radius 2 is 2.10 bits per heavy atom. The molecule has 0 aliphatic rings. The third-order valence-electron chi connectivity index (χ3n) is 1.37. The highest BCUT2D eigenvalue weighted by Crippen LogP contribution is 2.11. The van der Waals surface area contributed by atoms with E-state index >= 15 is 0 Å². The van der Waals surface area contributed by atoms with Gasteiger partial charge in [-0.15, -0.1) is 0 Å². The molecule has 0 fully saturated rings. The normalized spacial score (nSPS) is 16.6. The number of benzene rings is 1. The van der Waals surface area contributed by atoms with E-state index in [9.17, 15) is 0 Å². The van der Waals surface area contributed by atoms with E-state index in [0.717, 1.165) is 5.56 Å². The van der Waals surface area contributed by atoms with Gasteiger partial charge in [0.05, 0.1) is 13.3 Å². The van der Waals surface area contributed by atoms with Crippen molar-refractivity contribution in [3.8, 4) is 6.07 Å². The lowest BCUT2D eigenvalue weighted by atomic mass is 10.0. The molecule has 0 aliphatic carbocycles. The molecule has 0 spiro atoms. The molecule has 1 rings (SSSR count). The number of rotatable bonds is 1. The zero-order valence-electron chi connectivity index (χ0n) is 6.83. The third-order valence-corrected chi connectivity index (χ3v) is 1.37. The second kappa shape index (κ2) is 3.03. The number of nitrogens with zero attached hydrogens (tertiary/aromatic N) is 1. The minimum atomic E-state index is -1.11. The van der Waals surface area contributed by atoms with Gasteiger partial charge in [0.15, 0.2) is 0 Å². The van der Waals surface area contributed by atoms with Crippen LogP contribution in [0.2, 0.25) is 0 Å². The Bertz CT molecular complexity index is 271. The molecule has 1 heteroatoms. The van der Waals surface area contributed by atoms with E-state index in [1.165, 1.54) is 0 Å². The summed E-state index contributed by atoms with van der Waals surface area (Å²) in [5.74, 6) is -1.11. The average Bonchev–Trinajstić information content (AvgIpc) is 2.06. The SMILES string of the molecule is [2H]C(C)(C#N)c1ccccc1. The predicted molar refractivity (Wildman–Crippen MR) is 40.5 cm³/mol. The predicted octanol–water partition coefficient (Wildman–Crippen LogP) is 2.31. The van der Waals surface area contributed by atoms with Crippen LogP contribution in [0.5, 0.6) is 0 Å². The molecule has 0 saturated carbocycles. The lowest BCUT2D eigenvalue weighted by Crippen LogP contribution is -1.86. The van der Waals surface area contributed by atoms with Gasteiger partial charge in [-0.25, -0.2) is 0 Å². The molecule has 0 N–H and O–H groups in total. The smallest absolute Gasteiger partial charge is 0.0700 e. The zero-order valence-corrected chi connectivity index (χ0v) is 5.83. The summed E-state index contributed by atoms with van der Waals surface area (Å²) in [7, 11) is 0. The van der Waals surface area contributed by atoms with E-state index in [-0.39, 0.29) is 0 Å². The van der Waals surface area contributed by atoms with Crippen LogP contribution in [0.25, 0.3) is 0 Å². The maximum Gasteiger partial charge on any atom is 0.0700 e. The van der Waals surface area contributed by atoms with Gasteiger partial charge in [-0.1, -0.05) is 30.3 Å². The summed E-state index contributed by atoms with van der Waals surface area (Å²) < 4.78 is 7.55. The maximum absolute atomic E-state index is 8.61. The highest BCUT2D eigenvalue weighted by atomic mass is 14.3. The second-order valence-corrected chi connectivity index (χ2v) is 2.10. The number of hydrogen-bond donors (Lipinski definition) is 0. The lowest BCUT2D eigenvalue weighted by molar-refractivity contribution is 0.982. The van der Waals surface area contributed by atoms with Gasteiger partial charge in [-0.3, -0.25) is 0 Å². The minimum absolute atomic E-state index is 0.738. The number of nitriles is 1. The van der Waals surface area contributed by atoms with E-state index in [0.29, 0.717) is 0 Å². The summed E-state index contributed by atoms with van der Waals surface area (Å²) in [6.07, 6.45) is 0. The van der Waals surface area contributed by atoms with Crippen LogP contribution in [0.15, 0.2) is 30.3 Å². The molecular weight excluding hydrogens is 122 g/mol. The van der Waals surface area contributed by atoms with Crippen molar-refractivity contribution in [2.24, 2.45) is 0 Å². The van der Waals surface area contributed by atoms with Gasteiger partial charge < -0.3 is 0 Å². The first kappa shape index (κ1) is 5.49. The summed E-state index contributed by atoms with van der Waals surface area (Å²) in [6, 6.07) is 11.0. The molecule has 0 aromatic heterocycles. The molecule has 0 saturated heterocycles. The standard InChI is InChI=1S/C9H9N/c1-8(7-10)9-5-3-2-4-6-9/h2-6,8H,1H3/i8D. The zero-order chi connectivity index (χ0) is 8.32. The summed E-state index contributed by atoms with van der Waals surface area (Å²) in [6.45, 7) is 1.59. The fourth-order valence-corrected chi connectivity index (χ4v) is 0.753. The van der Waals surface area contributed by atoms with Crippen molar-refractivity contribution < 1.29 is 1.37 Å². The van der Waals surface area contributed by atoms with Crippen LogP contribution in [0, 0.1) is 11.3 Å². The first-order valence-electron chi connectivity index (χ1n) is 3.63. The largest absolute Gasteiger partial charge is 0.198 e. The van der Waals surface area contributed by atoms with Gasteiger partial charge in [-0.2, -0.15) is 5.26 Å². The Labute approximate surface area is 62.3 Å². The fourth-order valence-electron chi connectivity index (χ4n) is 0.753. The van der Waals surface area contributed by atoms with Gasteiger partial charge in [0, 0.05) is 0 Å². The molecule has 10 heavy (non-hydrogen) atoms. The first-order chi connectivity index (χ1) is 5.17. The van der Waals surface area contributed by atoms with Crippen LogP contribution in [0.3, 0.4) is 0 Å². The molecule has 50 valence electrons. The Morgan fingerprint density at radius 1 is 1.50 bits per heavy atom. The summed E-state index contributed by atoms with van der Waals surface area (Å²) in [5, 5.41) is 8.61. The molecular formula is C9H9N. The molecule has 0 bridgehead atoms. The van der Waals surface area contributed by atoms with Crippen molar-refractivity contribution in [1.82, 2.24) is 0 Å². The summed E-state index contributed by atoms with van der Waals surface area (Å²) >= 11 is 0. The topological polar surface area (TPSA) is 23.8 Å². The molecule has 1 nitrogen and oxygen atoms in total. The highest BCUT2D eigenvalue weighted by molar-refractivity contribution is 5.23. The molecule has 0 heterocycles. The third kappa shape index (κ3) is 1.35. The van der Waals surface area contributed by atoms with Gasteiger partial charge in [0.1, 0.15) is 0 Å². The van der Waals surface area contributed by atoms with Crippen molar-refractivity contribution >= 4 is 0 Å². The molecule has 1 aromatic rings. The van der Waals surface area contributed by atoms with Crippen molar-refractivity contribution in [1.29, 1.82) is 5.26 Å². The Kier molecular flexibility index (Phi) is 1.66. The highest BCUT2D eigenvalue weighted by Gasteiger charge is 1.99. The Hall–Kier alpha value is -1.29. The van der Waals surface area contributed by atoms with Crippen LogP contribution in [-0.2, 0) is 0 Å². The Morgan fingerprint density at radius 3 is 2.60 bits per heavy atom. The van der Waals surface area contributed by atoms with E-state index < -0.39 is 5.89 Å². The average molecular weight is 132 g/mol. The van der Waals surface area contributed by atoms with Crippen LogP contribution < -0.4 is 0 Å². The quantitative estimate of drug-likeness (QED) is 0.575. The first-order valence-corrected chi connectivity index (χ1v) is 3.13. The summed E-state index contributed by atoms with van der Waals surface area (Å²) in [5.41, 5.74) is 0.738. The van der Waals surface area contributed by atoms with E-state index in [4.69, 9.17) is 6.63 Å². The van der Waals surface area contributed by atoms with Crippen molar-refractivity contribution in [3.63, 3.8) is 0 Å². The van der Waals surface area contributed by atoms with Gasteiger partial charge >= 0.3 is 0 Å². The van der Waals surface area contributed by atoms with Crippen molar-refractivity contribution in [2.75, 3.05) is 0 Å². The van der Waals surface area contributed by atoms with E-state index in [2.05, 4.69) is 0 Å². The van der Waals surface area contributed by atoms with Gasteiger partial charge in [0.2, 0.25) is 0 Å². The van der Waals surface area contributed by atoms with Crippen LogP contribution in [0.4, 0.5) is 0 Å². The van der Waals surface area contributed by atoms with Gasteiger partial charge in [0.25, 0.3) is 0 Å². The molecule has 0 aliphatic heterocycles. The summed E-state index contributed by atoms with van der Waals surface area (Å²) in [4.78, 5) is 0. The second-order valence-electron chi connectivity index (χ2n) is 2.10. The Balaban J connectivity index is 3.05.